The van der Waals surface area contributed by atoms with Crippen molar-refractivity contribution < 1.29 is 14.3 Å². The van der Waals surface area contributed by atoms with Crippen molar-refractivity contribution in [1.82, 2.24) is 0 Å². The van der Waals surface area contributed by atoms with Gasteiger partial charge in [0.05, 0.1) is 12.7 Å². The third-order valence-electron chi connectivity index (χ3n) is 7.17. The van der Waals surface area contributed by atoms with Gasteiger partial charge in [0.25, 0.3) is 0 Å². The van der Waals surface area contributed by atoms with Gasteiger partial charge in [0.2, 0.25) is 0 Å². The Morgan fingerprint density at radius 3 is 1.65 bits per heavy atom. The van der Waals surface area contributed by atoms with Crippen molar-refractivity contribution in [3.05, 3.63) is 91.0 Å². The van der Waals surface area contributed by atoms with E-state index in [9.17, 15) is 9.59 Å². The maximum Gasteiger partial charge on any atom is 0.330 e. The number of aldehydes is 1. The molecule has 3 aromatic carbocycles. The van der Waals surface area contributed by atoms with E-state index in [2.05, 4.69) is 112 Å². The molecular formula is C35H46NO3P. The first-order chi connectivity index (χ1) is 19.5. The summed E-state index contributed by atoms with van der Waals surface area (Å²) in [6.07, 6.45) is 9.43. The van der Waals surface area contributed by atoms with Crippen LogP contribution in [0.3, 0.4) is 0 Å². The van der Waals surface area contributed by atoms with Crippen molar-refractivity contribution >= 4 is 35.4 Å². The fourth-order valence-corrected chi connectivity index (χ4v) is 10.1. The van der Waals surface area contributed by atoms with E-state index in [1.54, 1.807) is 6.07 Å². The van der Waals surface area contributed by atoms with Crippen molar-refractivity contribution in [3.63, 3.8) is 0 Å². The summed E-state index contributed by atoms with van der Waals surface area (Å²) in [7, 11) is -1.99. The van der Waals surface area contributed by atoms with Gasteiger partial charge in [0.15, 0.2) is 5.92 Å². The number of hydrogen-bond donors (Lipinski definition) is 0. The molecule has 1 atom stereocenters. The van der Waals surface area contributed by atoms with Crippen LogP contribution in [0.5, 0.6) is 0 Å². The minimum absolute atomic E-state index is 0.303. The molecule has 40 heavy (non-hydrogen) atoms. The molecule has 0 aliphatic heterocycles. The molecule has 0 radical (unpaired) electrons. The van der Waals surface area contributed by atoms with E-state index in [1.807, 2.05) is 0 Å². The van der Waals surface area contributed by atoms with E-state index < -0.39 is 19.1 Å². The Bertz CT molecular complexity index is 1050. The second-order valence-corrected chi connectivity index (χ2v) is 14.7. The molecule has 0 saturated heterocycles. The molecule has 4 nitrogen and oxygen atoms in total. The molecule has 0 spiro atoms. The second-order valence-electron chi connectivity index (χ2n) is 10.6. The van der Waals surface area contributed by atoms with Crippen LogP contribution < -0.4 is 15.9 Å². The van der Waals surface area contributed by atoms with E-state index in [0.717, 1.165) is 19.3 Å². The predicted octanol–water partition coefficient (Wildman–Crippen LogP) is 6.99. The maximum absolute atomic E-state index is 11.1. The summed E-state index contributed by atoms with van der Waals surface area (Å²) in [6.45, 7) is 7.13. The first-order valence-electron chi connectivity index (χ1n) is 14.7. The van der Waals surface area contributed by atoms with Gasteiger partial charge >= 0.3 is 152 Å². The summed E-state index contributed by atoms with van der Waals surface area (Å²) < 4.78 is 4.80. The summed E-state index contributed by atoms with van der Waals surface area (Å²) in [5.74, 6) is -1.28. The van der Waals surface area contributed by atoms with Crippen LogP contribution in [0.15, 0.2) is 91.0 Å². The van der Waals surface area contributed by atoms with E-state index in [0.29, 0.717) is 18.8 Å². The number of rotatable bonds is 15. The molecular weight excluding hydrogens is 513 g/mol. The Morgan fingerprint density at radius 1 is 0.800 bits per heavy atom. The molecule has 0 aliphatic rings. The normalized spacial score (nSPS) is 12.0. The maximum atomic E-state index is 11.1. The number of nitriles is 1. The fourth-order valence-electron chi connectivity index (χ4n) is 4.89. The Hall–Kier alpha value is -3.28. The first-order valence-corrected chi connectivity index (χ1v) is 16.9. The number of esters is 1. The van der Waals surface area contributed by atoms with Gasteiger partial charge in [-0.25, -0.2) is 0 Å². The molecule has 0 aliphatic carbocycles. The Balaban J connectivity index is 0.000000307. The number of benzene rings is 3. The average Bonchev–Trinajstić information content (AvgIpc) is 2.99. The Labute approximate surface area is 242 Å². The molecule has 5 heteroatoms. The molecule has 0 saturated carbocycles. The molecule has 0 heterocycles. The molecule has 0 N–H and O–H groups in total. The third-order valence-corrected chi connectivity index (χ3v) is 12.2. The first kappa shape index (κ1) is 32.9. The van der Waals surface area contributed by atoms with Crippen LogP contribution in [0, 0.1) is 23.2 Å². The van der Waals surface area contributed by atoms with Gasteiger partial charge in [0, 0.05) is 0 Å². The summed E-state index contributed by atoms with van der Waals surface area (Å²) in [4.78, 5) is 21.3. The molecule has 0 bridgehead atoms. The van der Waals surface area contributed by atoms with Crippen LogP contribution in [-0.2, 0) is 14.3 Å². The van der Waals surface area contributed by atoms with Crippen molar-refractivity contribution in [1.29, 1.82) is 5.26 Å². The van der Waals surface area contributed by atoms with Crippen LogP contribution >= 0.6 is 7.26 Å². The number of ether oxygens (including phenoxy) is 1. The molecule has 3 rings (SSSR count). The molecule has 0 fully saturated rings. The molecule has 0 amide bonds. The van der Waals surface area contributed by atoms with Crippen LogP contribution in [0.1, 0.15) is 65.7 Å². The number of carbonyl (C=O) groups is 2. The number of unbranched alkanes of at least 4 members (excludes halogenated alkanes) is 5. The smallest absolute Gasteiger partial charge is 0.330 e. The zero-order valence-corrected chi connectivity index (χ0v) is 25.4. The van der Waals surface area contributed by atoms with Crippen LogP contribution in [0.2, 0.25) is 0 Å². The Morgan fingerprint density at radius 2 is 1.25 bits per heavy atom. The molecule has 3 aromatic rings. The summed E-state index contributed by atoms with van der Waals surface area (Å²) in [5.41, 5.74) is 0. The predicted molar refractivity (Wildman–Crippen MR) is 170 cm³/mol. The number of hydrogen-bond acceptors (Lipinski definition) is 4. The zero-order chi connectivity index (χ0) is 29.1. The van der Waals surface area contributed by atoms with Crippen LogP contribution in [0.25, 0.3) is 0 Å². The van der Waals surface area contributed by atoms with E-state index in [4.69, 9.17) is 10.00 Å². The fraction of sp³-hybridized carbons (Fsp3) is 0.400. The Kier molecular flexibility index (Phi) is 15.6. The van der Waals surface area contributed by atoms with Crippen LogP contribution in [-0.4, -0.2) is 25.0 Å². The second kappa shape index (κ2) is 18.9. The van der Waals surface area contributed by atoms with Gasteiger partial charge in [0.1, 0.15) is 6.29 Å². The summed E-state index contributed by atoms with van der Waals surface area (Å²) in [5, 5.41) is 13.0. The molecule has 1 unspecified atom stereocenters. The van der Waals surface area contributed by atoms with Gasteiger partial charge in [-0.3, -0.25) is 4.79 Å². The van der Waals surface area contributed by atoms with E-state index in [-0.39, 0.29) is 0 Å². The van der Waals surface area contributed by atoms with Gasteiger partial charge in [-0.05, 0) is 6.42 Å². The van der Waals surface area contributed by atoms with E-state index >= 15 is 0 Å². The van der Waals surface area contributed by atoms with Gasteiger partial charge in [-0.15, -0.1) is 0 Å². The van der Waals surface area contributed by atoms with Gasteiger partial charge in [-0.1, -0.05) is 39.0 Å². The van der Waals surface area contributed by atoms with Gasteiger partial charge in [-0.2, -0.15) is 5.26 Å². The number of carbonyl (C=O) groups excluding carboxylic acids is 2. The van der Waals surface area contributed by atoms with Crippen molar-refractivity contribution in [3.8, 4) is 6.07 Å². The quantitative estimate of drug-likeness (QED) is 0.0662. The average molecular weight is 560 g/mol. The largest absolute Gasteiger partial charge is 0.464 e. The standard InChI is InChI=1S/C23H27P.C12H19NO3/c1-20(2)18-19-24(21-12-6-3-7-13-21,22-14-8-4-9-15-22)23-16-10-5-11-17-23;1-2-3-4-5-6-7-8-16-12(15)11(9-13)10-14/h3-17,20,24H,18-19H2,1-2H3;10-11H,2-8H2,1H3. The minimum Gasteiger partial charge on any atom is -0.464 e. The van der Waals surface area contributed by atoms with E-state index in [1.165, 1.54) is 47.8 Å². The summed E-state index contributed by atoms with van der Waals surface area (Å²) in [6, 6.07) is 35.2. The van der Waals surface area contributed by atoms with Crippen LogP contribution in [0.4, 0.5) is 0 Å². The summed E-state index contributed by atoms with van der Waals surface area (Å²) >= 11 is 0. The molecule has 214 valence electrons. The third kappa shape index (κ3) is 10.4. The topological polar surface area (TPSA) is 67.2 Å². The SMILES string of the molecule is CC(C)CC[PH](c1ccccc1)(c1ccccc1)c1ccccc1.CCCCCCCCOC(=O)C(C#N)C=O. The van der Waals surface area contributed by atoms with Crippen molar-refractivity contribution in [2.75, 3.05) is 12.8 Å². The van der Waals surface area contributed by atoms with Crippen molar-refractivity contribution in [2.24, 2.45) is 11.8 Å². The molecule has 0 aromatic heterocycles. The monoisotopic (exact) mass is 559 g/mol. The zero-order valence-electron chi connectivity index (χ0n) is 24.4. The number of nitrogens with zero attached hydrogens (tertiary/aromatic N) is 1. The van der Waals surface area contributed by atoms with Gasteiger partial charge < -0.3 is 9.53 Å². The van der Waals surface area contributed by atoms with Crippen molar-refractivity contribution in [2.45, 2.75) is 65.7 Å². The minimum atomic E-state index is -1.99.